The molecule has 1 aromatic heterocycles. The van der Waals surface area contributed by atoms with E-state index >= 15 is 0 Å². The highest BCUT2D eigenvalue weighted by Crippen LogP contribution is 2.42. The van der Waals surface area contributed by atoms with Gasteiger partial charge in [0, 0.05) is 37.2 Å². The summed E-state index contributed by atoms with van der Waals surface area (Å²) >= 11 is 0. The van der Waals surface area contributed by atoms with Gasteiger partial charge in [-0.05, 0) is 32.0 Å². The van der Waals surface area contributed by atoms with Crippen LogP contribution in [-0.2, 0) is 16.9 Å². The smallest absolute Gasteiger partial charge is 0.227 e. The van der Waals surface area contributed by atoms with E-state index in [2.05, 4.69) is 16.5 Å². The molecule has 1 aromatic carbocycles. The summed E-state index contributed by atoms with van der Waals surface area (Å²) in [5.41, 5.74) is 1.30. The van der Waals surface area contributed by atoms with E-state index in [1.807, 2.05) is 37.9 Å². The summed E-state index contributed by atoms with van der Waals surface area (Å²) in [7, 11) is 2.15. The summed E-state index contributed by atoms with van der Waals surface area (Å²) in [6, 6.07) is 6.71. The molecule has 0 saturated carbocycles. The monoisotopic (exact) mass is 384 g/mol. The quantitative estimate of drug-likeness (QED) is 0.756. The van der Waals surface area contributed by atoms with Crippen LogP contribution >= 0.6 is 0 Å². The van der Waals surface area contributed by atoms with E-state index in [1.54, 1.807) is 12.1 Å². The van der Waals surface area contributed by atoms with Gasteiger partial charge in [0.2, 0.25) is 5.91 Å². The van der Waals surface area contributed by atoms with Gasteiger partial charge in [0.25, 0.3) is 0 Å². The molecule has 0 N–H and O–H groups in total. The van der Waals surface area contributed by atoms with Crippen molar-refractivity contribution in [1.82, 2.24) is 19.4 Å². The Morgan fingerprint density at radius 2 is 1.86 bits per heavy atom. The van der Waals surface area contributed by atoms with E-state index in [0.29, 0.717) is 0 Å². The van der Waals surface area contributed by atoms with E-state index in [9.17, 15) is 9.18 Å². The molecule has 0 atom stereocenters. The van der Waals surface area contributed by atoms with Gasteiger partial charge in [-0.15, -0.1) is 0 Å². The van der Waals surface area contributed by atoms with Gasteiger partial charge in [-0.3, -0.25) is 9.69 Å². The van der Waals surface area contributed by atoms with Crippen LogP contribution in [0.1, 0.15) is 39.4 Å². The van der Waals surface area contributed by atoms with E-state index in [4.69, 9.17) is 4.98 Å². The van der Waals surface area contributed by atoms with Crippen molar-refractivity contribution < 1.29 is 9.18 Å². The maximum absolute atomic E-state index is 13.7. The van der Waals surface area contributed by atoms with Crippen LogP contribution in [0.3, 0.4) is 0 Å². The van der Waals surface area contributed by atoms with Gasteiger partial charge in [-0.25, -0.2) is 9.37 Å². The van der Waals surface area contributed by atoms with Gasteiger partial charge in [0.05, 0.1) is 17.4 Å². The average Bonchev–Trinajstić information content (AvgIpc) is 3.09. The van der Waals surface area contributed by atoms with Crippen molar-refractivity contribution in [3.63, 3.8) is 0 Å². The Morgan fingerprint density at radius 1 is 1.14 bits per heavy atom. The zero-order valence-electron chi connectivity index (χ0n) is 17.2. The van der Waals surface area contributed by atoms with Crippen molar-refractivity contribution >= 4 is 5.91 Å². The Labute approximate surface area is 166 Å². The fourth-order valence-corrected chi connectivity index (χ4v) is 4.65. The fraction of sp³-hybridized carbons (Fsp3) is 0.545. The highest BCUT2D eigenvalue weighted by molar-refractivity contribution is 5.81. The third-order valence-corrected chi connectivity index (χ3v) is 6.30. The van der Waals surface area contributed by atoms with Gasteiger partial charge in [-0.1, -0.05) is 32.9 Å². The average molecular weight is 384 g/mol. The Kier molecular flexibility index (Phi) is 4.57. The SMILES string of the molecule is CN1CCn2c(-c3cccc(F)c3)cnc2C12CCN(C(=O)C(C)(C)C)CC2. The van der Waals surface area contributed by atoms with E-state index < -0.39 is 0 Å². The Balaban J connectivity index is 1.65. The van der Waals surface area contributed by atoms with Crippen LogP contribution < -0.4 is 0 Å². The number of rotatable bonds is 1. The third kappa shape index (κ3) is 3.04. The topological polar surface area (TPSA) is 41.4 Å². The molecular formula is C22H29FN4O. The summed E-state index contributed by atoms with van der Waals surface area (Å²) in [4.78, 5) is 21.9. The molecule has 3 heterocycles. The summed E-state index contributed by atoms with van der Waals surface area (Å²) in [6.45, 7) is 9.16. The molecule has 0 bridgehead atoms. The highest BCUT2D eigenvalue weighted by Gasteiger charge is 2.47. The molecule has 1 spiro atoms. The summed E-state index contributed by atoms with van der Waals surface area (Å²) < 4.78 is 16.0. The molecule has 0 unspecified atom stereocenters. The van der Waals surface area contributed by atoms with Crippen LogP contribution in [0.5, 0.6) is 0 Å². The predicted octanol–water partition coefficient (Wildman–Crippen LogP) is 3.50. The first-order chi connectivity index (χ1) is 13.2. The zero-order chi connectivity index (χ0) is 20.1. The molecule has 2 aromatic rings. The molecule has 5 nitrogen and oxygen atoms in total. The molecule has 28 heavy (non-hydrogen) atoms. The van der Waals surface area contributed by atoms with Gasteiger partial charge in [0.15, 0.2) is 0 Å². The fourth-order valence-electron chi connectivity index (χ4n) is 4.65. The molecule has 6 heteroatoms. The lowest BCUT2D eigenvalue weighted by molar-refractivity contribution is -0.142. The summed E-state index contributed by atoms with van der Waals surface area (Å²) in [6.07, 6.45) is 3.60. The van der Waals surface area contributed by atoms with E-state index in [-0.39, 0.29) is 22.7 Å². The molecule has 2 aliphatic heterocycles. The van der Waals surface area contributed by atoms with Crippen molar-refractivity contribution in [1.29, 1.82) is 0 Å². The standard InChI is InChI=1S/C22H29FN4O/c1-21(2,3)20(28)26-10-8-22(9-11-26)19-24-15-18(27(19)13-12-25(22)4)16-6-5-7-17(23)14-16/h5-7,14-15H,8-13H2,1-4H3. The Morgan fingerprint density at radius 3 is 2.50 bits per heavy atom. The number of fused-ring (bicyclic) bond motifs is 2. The van der Waals surface area contributed by atoms with Crippen molar-refractivity contribution in [3.05, 3.63) is 42.1 Å². The first-order valence-electron chi connectivity index (χ1n) is 10.0. The molecule has 4 rings (SSSR count). The molecule has 0 radical (unpaired) electrons. The Bertz CT molecular complexity index is 890. The maximum Gasteiger partial charge on any atom is 0.227 e. The van der Waals surface area contributed by atoms with Crippen molar-refractivity contribution in [2.24, 2.45) is 5.41 Å². The van der Waals surface area contributed by atoms with E-state index in [0.717, 1.165) is 56.1 Å². The molecule has 0 aliphatic carbocycles. The van der Waals surface area contributed by atoms with Crippen molar-refractivity contribution in [3.8, 4) is 11.3 Å². The minimum atomic E-state index is -0.355. The molecular weight excluding hydrogens is 355 g/mol. The van der Waals surface area contributed by atoms with Crippen LogP contribution in [0.15, 0.2) is 30.5 Å². The van der Waals surface area contributed by atoms with Crippen LogP contribution in [0.4, 0.5) is 4.39 Å². The predicted molar refractivity (Wildman–Crippen MR) is 107 cm³/mol. The van der Waals surface area contributed by atoms with E-state index in [1.165, 1.54) is 6.07 Å². The van der Waals surface area contributed by atoms with Gasteiger partial charge >= 0.3 is 0 Å². The number of likely N-dealkylation sites (tertiary alicyclic amines) is 1. The van der Waals surface area contributed by atoms with Crippen LogP contribution in [0.2, 0.25) is 0 Å². The lowest BCUT2D eigenvalue weighted by Crippen LogP contribution is -2.57. The van der Waals surface area contributed by atoms with Gasteiger partial charge in [0.1, 0.15) is 11.6 Å². The molecule has 2 aliphatic rings. The number of aromatic nitrogens is 2. The maximum atomic E-state index is 13.7. The normalized spacial score (nSPS) is 19.7. The Hall–Kier alpha value is -2.21. The van der Waals surface area contributed by atoms with Gasteiger partial charge in [-0.2, -0.15) is 0 Å². The molecule has 1 amide bonds. The minimum Gasteiger partial charge on any atom is -0.342 e. The van der Waals surface area contributed by atoms with Crippen LogP contribution in [0, 0.1) is 11.2 Å². The number of carbonyl (C=O) groups is 1. The number of piperidine rings is 1. The zero-order valence-corrected chi connectivity index (χ0v) is 17.2. The van der Waals surface area contributed by atoms with Crippen molar-refractivity contribution in [2.75, 3.05) is 26.7 Å². The molecule has 1 saturated heterocycles. The highest BCUT2D eigenvalue weighted by atomic mass is 19.1. The van der Waals surface area contributed by atoms with Crippen molar-refractivity contribution in [2.45, 2.75) is 45.7 Å². The number of likely N-dealkylation sites (N-methyl/N-ethyl adjacent to an activating group) is 1. The number of imidazole rings is 1. The minimum absolute atomic E-state index is 0.168. The number of carbonyl (C=O) groups excluding carboxylic acids is 1. The number of halogens is 1. The van der Waals surface area contributed by atoms with Crippen LogP contribution in [-0.4, -0.2) is 51.9 Å². The first-order valence-corrected chi connectivity index (χ1v) is 10.0. The third-order valence-electron chi connectivity index (χ3n) is 6.30. The second-order valence-electron chi connectivity index (χ2n) is 9.12. The summed E-state index contributed by atoms with van der Waals surface area (Å²) in [5, 5.41) is 0. The number of amides is 1. The number of hydrogen-bond donors (Lipinski definition) is 0. The second-order valence-corrected chi connectivity index (χ2v) is 9.12. The largest absolute Gasteiger partial charge is 0.342 e. The van der Waals surface area contributed by atoms with Crippen LogP contribution in [0.25, 0.3) is 11.3 Å². The number of hydrogen-bond acceptors (Lipinski definition) is 3. The lowest BCUT2D eigenvalue weighted by atomic mass is 9.82. The molecule has 150 valence electrons. The molecule has 1 fully saturated rings. The lowest BCUT2D eigenvalue weighted by Gasteiger charge is -2.50. The summed E-state index contributed by atoms with van der Waals surface area (Å²) in [5.74, 6) is 1.03. The van der Waals surface area contributed by atoms with Gasteiger partial charge < -0.3 is 9.47 Å². The first kappa shape index (κ1) is 19.1. The second kappa shape index (κ2) is 6.69. The number of nitrogens with zero attached hydrogens (tertiary/aromatic N) is 4. The number of benzene rings is 1.